The fraction of sp³-hybridized carbons (Fsp3) is 0.250. The van der Waals surface area contributed by atoms with Gasteiger partial charge in [0.15, 0.2) is 0 Å². The number of aliphatic hydroxyl groups is 1. The van der Waals surface area contributed by atoms with E-state index >= 15 is 0 Å². The van der Waals surface area contributed by atoms with Gasteiger partial charge in [-0.25, -0.2) is 9.78 Å². The lowest BCUT2D eigenvalue weighted by atomic mass is 10.1. The zero-order valence-corrected chi connectivity index (χ0v) is 11.3. The summed E-state index contributed by atoms with van der Waals surface area (Å²) in [7, 11) is 0. The van der Waals surface area contributed by atoms with E-state index in [0.717, 1.165) is 16.7 Å². The minimum atomic E-state index is -0.270. The largest absolute Gasteiger partial charge is 0.395 e. The highest BCUT2D eigenvalue weighted by atomic mass is 16.2. The Bertz CT molecular complexity index is 708. The summed E-state index contributed by atoms with van der Waals surface area (Å²) in [5.41, 5.74) is 2.50. The summed E-state index contributed by atoms with van der Waals surface area (Å²) in [6, 6.07) is 7.68. The average molecular weight is 268 g/mol. The van der Waals surface area contributed by atoms with Gasteiger partial charge in [-0.15, -0.1) is 0 Å². The van der Waals surface area contributed by atoms with Crippen LogP contribution in [0, 0.1) is 18.8 Å². The van der Waals surface area contributed by atoms with Crippen molar-refractivity contribution < 1.29 is 5.11 Å². The van der Waals surface area contributed by atoms with Gasteiger partial charge in [0.1, 0.15) is 0 Å². The minimum Gasteiger partial charge on any atom is -0.395 e. The Hall–Kier alpha value is -2.38. The predicted molar refractivity (Wildman–Crippen MR) is 77.4 cm³/mol. The Morgan fingerprint density at radius 3 is 2.95 bits per heavy atom. The van der Waals surface area contributed by atoms with Gasteiger partial charge in [-0.1, -0.05) is 30.0 Å². The van der Waals surface area contributed by atoms with Crippen LogP contribution >= 0.6 is 0 Å². The van der Waals surface area contributed by atoms with Crippen molar-refractivity contribution in [1.82, 2.24) is 9.55 Å². The first-order valence-electron chi connectivity index (χ1n) is 6.41. The van der Waals surface area contributed by atoms with Crippen LogP contribution in [0.2, 0.25) is 0 Å². The maximum Gasteiger partial charge on any atom is 0.347 e. The highest BCUT2D eigenvalue weighted by Gasteiger charge is 2.03. The molecule has 20 heavy (non-hydrogen) atoms. The van der Waals surface area contributed by atoms with Gasteiger partial charge in [-0.3, -0.25) is 4.57 Å². The molecule has 102 valence electrons. The van der Waals surface area contributed by atoms with Gasteiger partial charge in [-0.05, 0) is 24.1 Å². The number of hydrogen-bond acceptors (Lipinski definition) is 3. The topological polar surface area (TPSA) is 55.1 Å². The summed E-state index contributed by atoms with van der Waals surface area (Å²) >= 11 is 0. The maximum absolute atomic E-state index is 11.7. The van der Waals surface area contributed by atoms with E-state index in [0.29, 0.717) is 13.0 Å². The average Bonchev–Trinajstić information content (AvgIpc) is 2.45. The minimum absolute atomic E-state index is 0.0520. The maximum atomic E-state index is 11.7. The van der Waals surface area contributed by atoms with E-state index in [-0.39, 0.29) is 12.3 Å². The van der Waals surface area contributed by atoms with Gasteiger partial charge in [0, 0.05) is 24.4 Å². The van der Waals surface area contributed by atoms with Crippen molar-refractivity contribution in [3.05, 3.63) is 63.8 Å². The van der Waals surface area contributed by atoms with Crippen LogP contribution in [0.3, 0.4) is 0 Å². The molecule has 1 N–H and O–H groups in total. The Balaban J connectivity index is 2.32. The molecule has 0 saturated carbocycles. The molecule has 0 radical (unpaired) electrons. The molecule has 2 rings (SSSR count). The third kappa shape index (κ3) is 3.56. The molecular formula is C16H16N2O2. The van der Waals surface area contributed by atoms with Crippen molar-refractivity contribution >= 4 is 0 Å². The SMILES string of the molecule is Cc1cnc(=O)n(Cc2ccccc2C#CCCO)c1. The highest BCUT2D eigenvalue weighted by Crippen LogP contribution is 2.09. The van der Waals surface area contributed by atoms with E-state index in [1.807, 2.05) is 31.2 Å². The van der Waals surface area contributed by atoms with Gasteiger partial charge < -0.3 is 5.11 Å². The van der Waals surface area contributed by atoms with Crippen molar-refractivity contribution in [3.63, 3.8) is 0 Å². The number of aliphatic hydroxyl groups excluding tert-OH is 1. The molecule has 0 saturated heterocycles. The van der Waals surface area contributed by atoms with E-state index in [1.54, 1.807) is 17.0 Å². The molecule has 0 aliphatic heterocycles. The second kappa shape index (κ2) is 6.69. The van der Waals surface area contributed by atoms with E-state index in [1.165, 1.54) is 0 Å². The van der Waals surface area contributed by atoms with Crippen molar-refractivity contribution in [2.24, 2.45) is 0 Å². The molecule has 0 atom stereocenters. The molecule has 4 heteroatoms. The smallest absolute Gasteiger partial charge is 0.347 e. The predicted octanol–water partition coefficient (Wildman–Crippen LogP) is 1.33. The van der Waals surface area contributed by atoms with Crippen molar-refractivity contribution in [3.8, 4) is 11.8 Å². The number of rotatable bonds is 3. The van der Waals surface area contributed by atoms with Gasteiger partial charge in [0.25, 0.3) is 0 Å². The van der Waals surface area contributed by atoms with Crippen molar-refractivity contribution in [2.75, 3.05) is 6.61 Å². The zero-order valence-electron chi connectivity index (χ0n) is 11.3. The number of nitrogens with zero attached hydrogens (tertiary/aromatic N) is 2. The second-order valence-corrected chi connectivity index (χ2v) is 4.47. The molecule has 0 aliphatic carbocycles. The van der Waals surface area contributed by atoms with Gasteiger partial charge in [0.2, 0.25) is 0 Å². The first kappa shape index (κ1) is 14.0. The van der Waals surface area contributed by atoms with Crippen LogP contribution < -0.4 is 5.69 Å². The lowest BCUT2D eigenvalue weighted by Crippen LogP contribution is -2.23. The van der Waals surface area contributed by atoms with Crippen LogP contribution in [-0.4, -0.2) is 21.3 Å². The summed E-state index contributed by atoms with van der Waals surface area (Å²) in [6.07, 6.45) is 3.79. The van der Waals surface area contributed by atoms with E-state index < -0.39 is 0 Å². The molecular weight excluding hydrogens is 252 g/mol. The van der Waals surface area contributed by atoms with Gasteiger partial charge in [0.05, 0.1) is 13.2 Å². The quantitative estimate of drug-likeness (QED) is 0.855. The number of hydrogen-bond donors (Lipinski definition) is 1. The molecule has 0 bridgehead atoms. The first-order chi connectivity index (χ1) is 9.70. The Kier molecular flexibility index (Phi) is 4.70. The van der Waals surface area contributed by atoms with Gasteiger partial charge >= 0.3 is 5.69 Å². The Labute approximate surface area is 117 Å². The van der Waals surface area contributed by atoms with Crippen LogP contribution in [0.25, 0.3) is 0 Å². The molecule has 0 aliphatic rings. The van der Waals surface area contributed by atoms with Crippen LogP contribution in [0.4, 0.5) is 0 Å². The fourth-order valence-electron chi connectivity index (χ4n) is 1.86. The molecule has 0 fully saturated rings. The molecule has 1 aromatic carbocycles. The lowest BCUT2D eigenvalue weighted by molar-refractivity contribution is 0.305. The van der Waals surface area contributed by atoms with Gasteiger partial charge in [-0.2, -0.15) is 0 Å². The summed E-state index contributed by atoms with van der Waals surface area (Å²) in [6.45, 7) is 2.39. The summed E-state index contributed by atoms with van der Waals surface area (Å²) in [5.74, 6) is 5.92. The second-order valence-electron chi connectivity index (χ2n) is 4.47. The monoisotopic (exact) mass is 268 g/mol. The van der Waals surface area contributed by atoms with Crippen LogP contribution in [0.1, 0.15) is 23.1 Å². The Morgan fingerprint density at radius 2 is 2.15 bits per heavy atom. The summed E-state index contributed by atoms with van der Waals surface area (Å²) < 4.78 is 1.57. The lowest BCUT2D eigenvalue weighted by Gasteiger charge is -2.07. The molecule has 0 amide bonds. The molecule has 0 spiro atoms. The summed E-state index contributed by atoms with van der Waals surface area (Å²) in [5, 5.41) is 8.76. The molecule has 1 aromatic heterocycles. The molecule has 2 aromatic rings. The van der Waals surface area contributed by atoms with Crippen molar-refractivity contribution in [2.45, 2.75) is 19.9 Å². The van der Waals surface area contributed by atoms with Crippen LogP contribution in [0.15, 0.2) is 41.5 Å². The van der Waals surface area contributed by atoms with Crippen LogP contribution in [0.5, 0.6) is 0 Å². The van der Waals surface area contributed by atoms with E-state index in [2.05, 4.69) is 16.8 Å². The van der Waals surface area contributed by atoms with Crippen molar-refractivity contribution in [1.29, 1.82) is 0 Å². The Morgan fingerprint density at radius 1 is 1.35 bits per heavy atom. The van der Waals surface area contributed by atoms with E-state index in [9.17, 15) is 4.79 Å². The highest BCUT2D eigenvalue weighted by molar-refractivity contribution is 5.41. The first-order valence-corrected chi connectivity index (χ1v) is 6.41. The number of aryl methyl sites for hydroxylation is 1. The molecule has 4 nitrogen and oxygen atoms in total. The third-order valence-corrected chi connectivity index (χ3v) is 2.80. The van der Waals surface area contributed by atoms with E-state index in [4.69, 9.17) is 5.11 Å². The number of benzene rings is 1. The molecule has 0 unspecified atom stereocenters. The molecule has 1 heterocycles. The third-order valence-electron chi connectivity index (χ3n) is 2.80. The fourth-order valence-corrected chi connectivity index (χ4v) is 1.86. The summed E-state index contributed by atoms with van der Waals surface area (Å²) in [4.78, 5) is 15.5. The number of aromatic nitrogens is 2. The zero-order chi connectivity index (χ0) is 14.4. The normalized spacial score (nSPS) is 9.90. The van der Waals surface area contributed by atoms with Crippen LogP contribution in [-0.2, 0) is 6.54 Å². The standard InChI is InChI=1S/C16H16N2O2/c1-13-10-17-16(20)18(11-13)12-15-8-3-2-6-14(15)7-4-5-9-19/h2-3,6,8,10-11,19H,5,9,12H2,1H3.